The van der Waals surface area contributed by atoms with Crippen LogP contribution >= 0.6 is 0 Å². The zero-order chi connectivity index (χ0) is 13.9. The molecule has 4 N–H and O–H groups in total. The first kappa shape index (κ1) is 14.1. The molecule has 0 saturated heterocycles. The van der Waals surface area contributed by atoms with Gasteiger partial charge < -0.3 is 20.7 Å². The number of aromatic nitrogens is 2. The first-order chi connectivity index (χ1) is 8.34. The lowest BCUT2D eigenvalue weighted by molar-refractivity contribution is -0.125. The third kappa shape index (κ3) is 3.05. The fourth-order valence-electron chi connectivity index (χ4n) is 1.45. The average Bonchev–Trinajstić information content (AvgIpc) is 2.32. The van der Waals surface area contributed by atoms with Crippen LogP contribution in [0.2, 0.25) is 0 Å². The second kappa shape index (κ2) is 5.61. The van der Waals surface area contributed by atoms with Crippen LogP contribution in [0.1, 0.15) is 5.56 Å². The Morgan fingerprint density at radius 2 is 2.11 bits per heavy atom. The second-order valence-corrected chi connectivity index (χ2v) is 3.96. The Kier molecular flexibility index (Phi) is 4.40. The lowest BCUT2D eigenvalue weighted by Gasteiger charge is -2.09. The highest BCUT2D eigenvalue weighted by molar-refractivity contribution is 5.78. The summed E-state index contributed by atoms with van der Waals surface area (Å²) < 4.78 is 2.27. The topological polar surface area (TPSA) is 119 Å². The van der Waals surface area contributed by atoms with Crippen molar-refractivity contribution in [1.29, 1.82) is 0 Å². The van der Waals surface area contributed by atoms with E-state index in [9.17, 15) is 14.4 Å². The minimum atomic E-state index is -1.30. The quantitative estimate of drug-likeness (QED) is 0.519. The fourth-order valence-corrected chi connectivity index (χ4v) is 1.45. The van der Waals surface area contributed by atoms with Gasteiger partial charge in [0.25, 0.3) is 5.56 Å². The van der Waals surface area contributed by atoms with E-state index in [1.54, 1.807) is 0 Å². The molecule has 1 amide bonds. The molecule has 1 aromatic rings. The molecule has 0 radical (unpaired) electrons. The van der Waals surface area contributed by atoms with Crippen molar-refractivity contribution >= 4 is 5.91 Å². The molecule has 0 aromatic carbocycles. The molecular formula is C10H16N4O4. The molecule has 0 aliphatic rings. The standard InChI is InChI=1S/C10H16N4O4/c1-13-5-6(9(17)14(2)10(13)18)3-12-4-7(15)8(11)16/h5,7,12,15H,3-4H2,1-2H3,(H2,11,16). The zero-order valence-electron chi connectivity index (χ0n) is 10.2. The lowest BCUT2D eigenvalue weighted by Crippen LogP contribution is -2.41. The van der Waals surface area contributed by atoms with Gasteiger partial charge in [0.05, 0.1) is 0 Å². The van der Waals surface area contributed by atoms with E-state index < -0.39 is 23.3 Å². The Morgan fingerprint density at radius 3 is 2.67 bits per heavy atom. The van der Waals surface area contributed by atoms with E-state index in [0.29, 0.717) is 5.56 Å². The Bertz CT molecular complexity index is 560. The predicted molar refractivity (Wildman–Crippen MR) is 63.8 cm³/mol. The van der Waals surface area contributed by atoms with Gasteiger partial charge in [-0.15, -0.1) is 0 Å². The summed E-state index contributed by atoms with van der Waals surface area (Å²) >= 11 is 0. The van der Waals surface area contributed by atoms with Crippen LogP contribution in [-0.4, -0.2) is 32.8 Å². The van der Waals surface area contributed by atoms with Gasteiger partial charge in [0.1, 0.15) is 6.10 Å². The number of amides is 1. The summed E-state index contributed by atoms with van der Waals surface area (Å²) in [6, 6.07) is 0. The normalized spacial score (nSPS) is 12.4. The van der Waals surface area contributed by atoms with E-state index in [1.807, 2.05) is 0 Å². The lowest BCUT2D eigenvalue weighted by atomic mass is 10.3. The average molecular weight is 256 g/mol. The van der Waals surface area contributed by atoms with Crippen molar-refractivity contribution in [1.82, 2.24) is 14.5 Å². The Labute approximate surface area is 103 Å². The van der Waals surface area contributed by atoms with Crippen LogP contribution in [0.3, 0.4) is 0 Å². The maximum Gasteiger partial charge on any atom is 0.330 e. The van der Waals surface area contributed by atoms with Crippen LogP contribution in [0.25, 0.3) is 0 Å². The van der Waals surface area contributed by atoms with Crippen molar-refractivity contribution in [2.45, 2.75) is 12.6 Å². The number of aryl methyl sites for hydroxylation is 1. The molecule has 1 aromatic heterocycles. The number of primary amides is 1. The number of aliphatic hydroxyl groups is 1. The minimum absolute atomic E-state index is 0.0542. The largest absolute Gasteiger partial charge is 0.382 e. The Hall–Kier alpha value is -1.93. The molecule has 1 heterocycles. The monoisotopic (exact) mass is 256 g/mol. The number of nitrogens with two attached hydrogens (primary N) is 1. The number of aliphatic hydroxyl groups excluding tert-OH is 1. The van der Waals surface area contributed by atoms with Gasteiger partial charge >= 0.3 is 5.69 Å². The fraction of sp³-hybridized carbons (Fsp3) is 0.500. The maximum absolute atomic E-state index is 11.7. The predicted octanol–water partition coefficient (Wildman–Crippen LogP) is -2.98. The molecule has 0 bridgehead atoms. The number of nitrogens with zero attached hydrogens (tertiary/aromatic N) is 2. The number of nitrogens with one attached hydrogen (secondary N) is 1. The van der Waals surface area contributed by atoms with E-state index >= 15 is 0 Å². The molecular weight excluding hydrogens is 240 g/mol. The first-order valence-electron chi connectivity index (χ1n) is 5.28. The summed E-state index contributed by atoms with van der Waals surface area (Å²) in [6.07, 6.45) is 0.107. The van der Waals surface area contributed by atoms with Gasteiger partial charge in [0.2, 0.25) is 5.91 Å². The van der Waals surface area contributed by atoms with Crippen molar-refractivity contribution in [3.63, 3.8) is 0 Å². The van der Waals surface area contributed by atoms with Gasteiger partial charge in [-0.3, -0.25) is 14.2 Å². The van der Waals surface area contributed by atoms with Gasteiger partial charge in [-0.05, 0) is 0 Å². The molecule has 1 unspecified atom stereocenters. The van der Waals surface area contributed by atoms with Crippen LogP contribution in [0, 0.1) is 0 Å². The first-order valence-corrected chi connectivity index (χ1v) is 5.28. The van der Waals surface area contributed by atoms with Crippen molar-refractivity contribution in [3.05, 3.63) is 32.6 Å². The number of rotatable bonds is 5. The third-order valence-electron chi connectivity index (χ3n) is 2.50. The molecule has 8 heteroatoms. The highest BCUT2D eigenvalue weighted by Crippen LogP contribution is 1.88. The van der Waals surface area contributed by atoms with Crippen LogP contribution in [0.4, 0.5) is 0 Å². The van der Waals surface area contributed by atoms with E-state index in [1.165, 1.54) is 24.9 Å². The van der Waals surface area contributed by atoms with E-state index in [2.05, 4.69) is 5.32 Å². The van der Waals surface area contributed by atoms with E-state index in [4.69, 9.17) is 10.8 Å². The zero-order valence-corrected chi connectivity index (χ0v) is 10.2. The van der Waals surface area contributed by atoms with Crippen molar-refractivity contribution in [2.75, 3.05) is 6.54 Å². The number of hydrogen-bond acceptors (Lipinski definition) is 5. The maximum atomic E-state index is 11.7. The van der Waals surface area contributed by atoms with Gasteiger partial charge in [-0.2, -0.15) is 0 Å². The summed E-state index contributed by atoms with van der Waals surface area (Å²) in [4.78, 5) is 33.7. The van der Waals surface area contributed by atoms with Gasteiger partial charge in [0.15, 0.2) is 0 Å². The minimum Gasteiger partial charge on any atom is -0.382 e. The summed E-state index contributed by atoms with van der Waals surface area (Å²) in [6.45, 7) is 0.0759. The van der Waals surface area contributed by atoms with Gasteiger partial charge in [-0.25, -0.2) is 4.79 Å². The van der Waals surface area contributed by atoms with Crippen LogP contribution in [0.5, 0.6) is 0 Å². The molecule has 8 nitrogen and oxygen atoms in total. The number of hydrogen-bond donors (Lipinski definition) is 3. The Morgan fingerprint density at radius 1 is 1.50 bits per heavy atom. The van der Waals surface area contributed by atoms with Gasteiger partial charge in [0, 0.05) is 38.9 Å². The number of carbonyl (C=O) groups is 1. The van der Waals surface area contributed by atoms with E-state index in [-0.39, 0.29) is 13.1 Å². The Balaban J connectivity index is 2.78. The van der Waals surface area contributed by atoms with Crippen LogP contribution < -0.4 is 22.3 Å². The summed E-state index contributed by atoms with van der Waals surface area (Å²) in [5, 5.41) is 11.9. The van der Waals surface area contributed by atoms with Gasteiger partial charge in [-0.1, -0.05) is 0 Å². The smallest absolute Gasteiger partial charge is 0.330 e. The molecule has 0 fully saturated rings. The van der Waals surface area contributed by atoms with Crippen molar-refractivity contribution in [3.8, 4) is 0 Å². The van der Waals surface area contributed by atoms with Crippen molar-refractivity contribution < 1.29 is 9.90 Å². The van der Waals surface area contributed by atoms with Crippen LogP contribution in [-0.2, 0) is 25.4 Å². The molecule has 1 rings (SSSR count). The van der Waals surface area contributed by atoms with Crippen LogP contribution in [0.15, 0.2) is 15.8 Å². The molecule has 18 heavy (non-hydrogen) atoms. The second-order valence-electron chi connectivity index (χ2n) is 3.96. The number of carbonyl (C=O) groups excluding carboxylic acids is 1. The molecule has 1 atom stereocenters. The molecule has 0 spiro atoms. The molecule has 100 valence electrons. The molecule has 0 aliphatic carbocycles. The highest BCUT2D eigenvalue weighted by atomic mass is 16.3. The molecule has 0 aliphatic heterocycles. The summed E-state index contributed by atoms with van der Waals surface area (Å²) in [5.41, 5.74) is 4.40. The highest BCUT2D eigenvalue weighted by Gasteiger charge is 2.11. The SMILES string of the molecule is Cn1cc(CNCC(O)C(N)=O)c(=O)n(C)c1=O. The summed E-state index contributed by atoms with van der Waals surface area (Å²) in [5.74, 6) is -0.837. The van der Waals surface area contributed by atoms with E-state index in [0.717, 1.165) is 4.57 Å². The van der Waals surface area contributed by atoms with Crippen molar-refractivity contribution in [2.24, 2.45) is 19.8 Å². The third-order valence-corrected chi connectivity index (χ3v) is 2.50. The summed E-state index contributed by atoms with van der Waals surface area (Å²) in [7, 11) is 2.91. The molecule has 0 saturated carbocycles.